The molecule has 0 aliphatic heterocycles. The van der Waals surface area contributed by atoms with E-state index in [1.165, 1.54) is 6.20 Å². The lowest BCUT2D eigenvalue weighted by Gasteiger charge is -2.16. The van der Waals surface area contributed by atoms with Gasteiger partial charge in [-0.05, 0) is 18.2 Å². The highest BCUT2D eigenvalue weighted by atomic mass is 127. The zero-order chi connectivity index (χ0) is 21.3. The minimum Gasteiger partial charge on any atom is -0.497 e. The highest BCUT2D eigenvalue weighted by molar-refractivity contribution is 14.0. The van der Waals surface area contributed by atoms with Crippen LogP contribution in [0.5, 0.6) is 17.4 Å². The lowest BCUT2D eigenvalue weighted by Crippen LogP contribution is -2.36. The van der Waals surface area contributed by atoms with Gasteiger partial charge in [-0.3, -0.25) is 4.99 Å². The van der Waals surface area contributed by atoms with Crippen molar-refractivity contribution in [2.75, 3.05) is 27.9 Å². The Bertz CT molecular complexity index is 835. The number of pyridine rings is 1. The van der Waals surface area contributed by atoms with Crippen molar-refractivity contribution in [2.24, 2.45) is 4.99 Å². The molecule has 0 amide bonds. The number of guanidine groups is 1. The number of rotatable bonds is 8. The fourth-order valence-electron chi connectivity index (χ4n) is 2.42. The molecule has 0 aliphatic rings. The van der Waals surface area contributed by atoms with Crippen molar-refractivity contribution in [1.29, 1.82) is 0 Å². The molecule has 0 atom stereocenters. The number of aliphatic imine (C=N–C) groups is 1. The normalized spacial score (nSPS) is 11.3. The van der Waals surface area contributed by atoms with E-state index in [9.17, 15) is 13.2 Å². The number of nitrogens with one attached hydrogen (secondary N) is 2. The van der Waals surface area contributed by atoms with E-state index in [-0.39, 0.29) is 36.4 Å². The summed E-state index contributed by atoms with van der Waals surface area (Å²) in [5, 5.41) is 6.15. The fourth-order valence-corrected chi connectivity index (χ4v) is 2.42. The average Bonchev–Trinajstić information content (AvgIpc) is 2.72. The second kappa shape index (κ2) is 12.3. The van der Waals surface area contributed by atoms with E-state index < -0.39 is 12.8 Å². The maximum Gasteiger partial charge on any atom is 0.422 e. The third-order valence-electron chi connectivity index (χ3n) is 3.83. The van der Waals surface area contributed by atoms with E-state index >= 15 is 0 Å². The third kappa shape index (κ3) is 8.13. The topological polar surface area (TPSA) is 77.0 Å². The standard InChI is InChI=1S/C19H23F3N4O3.HI/c1-23-18(25-10-13-6-7-15(27-2)9-16(13)28-3)26-11-14-5-4-8-24-17(14)29-12-19(20,21)22;/h4-9H,10-12H2,1-3H3,(H2,23,25,26);1H. The van der Waals surface area contributed by atoms with Crippen molar-refractivity contribution in [2.45, 2.75) is 19.3 Å². The maximum absolute atomic E-state index is 12.4. The minimum atomic E-state index is -4.43. The summed E-state index contributed by atoms with van der Waals surface area (Å²) >= 11 is 0. The third-order valence-corrected chi connectivity index (χ3v) is 3.83. The Morgan fingerprint density at radius 3 is 2.37 bits per heavy atom. The number of aromatic nitrogens is 1. The van der Waals surface area contributed by atoms with Gasteiger partial charge in [0.05, 0.1) is 14.2 Å². The predicted molar refractivity (Wildman–Crippen MR) is 118 cm³/mol. The molecule has 0 fully saturated rings. The minimum absolute atomic E-state index is 0. The molecule has 0 saturated carbocycles. The Morgan fingerprint density at radius 1 is 1.07 bits per heavy atom. The van der Waals surface area contributed by atoms with E-state index in [1.54, 1.807) is 39.5 Å². The molecule has 1 aromatic carbocycles. The number of nitrogens with zero attached hydrogens (tertiary/aromatic N) is 2. The van der Waals surface area contributed by atoms with Crippen LogP contribution in [-0.4, -0.2) is 45.0 Å². The molecule has 0 aliphatic carbocycles. The summed E-state index contributed by atoms with van der Waals surface area (Å²) in [7, 11) is 4.73. The molecule has 1 heterocycles. The van der Waals surface area contributed by atoms with Crippen LogP contribution in [0.1, 0.15) is 11.1 Å². The molecule has 1 aromatic heterocycles. The van der Waals surface area contributed by atoms with Gasteiger partial charge in [-0.2, -0.15) is 13.2 Å². The van der Waals surface area contributed by atoms with Gasteiger partial charge < -0.3 is 24.8 Å². The highest BCUT2D eigenvalue weighted by Gasteiger charge is 2.29. The number of methoxy groups -OCH3 is 2. The number of ether oxygens (including phenoxy) is 3. The van der Waals surface area contributed by atoms with Gasteiger partial charge in [0.25, 0.3) is 0 Å². The quantitative estimate of drug-likeness (QED) is 0.303. The monoisotopic (exact) mass is 540 g/mol. The molecule has 2 N–H and O–H groups in total. The molecule has 166 valence electrons. The molecule has 11 heteroatoms. The van der Waals surface area contributed by atoms with Gasteiger partial charge in [0.2, 0.25) is 5.88 Å². The van der Waals surface area contributed by atoms with Crippen molar-refractivity contribution in [3.05, 3.63) is 47.7 Å². The first-order valence-electron chi connectivity index (χ1n) is 8.65. The second-order valence-corrected chi connectivity index (χ2v) is 5.83. The van der Waals surface area contributed by atoms with Crippen LogP contribution in [0.25, 0.3) is 0 Å². The van der Waals surface area contributed by atoms with Gasteiger partial charge in [0.15, 0.2) is 12.6 Å². The Labute approximate surface area is 190 Å². The van der Waals surface area contributed by atoms with E-state index in [0.717, 1.165) is 5.56 Å². The van der Waals surface area contributed by atoms with Gasteiger partial charge in [-0.15, -0.1) is 24.0 Å². The largest absolute Gasteiger partial charge is 0.497 e. The van der Waals surface area contributed by atoms with Gasteiger partial charge in [-0.1, -0.05) is 6.07 Å². The smallest absolute Gasteiger partial charge is 0.422 e. The molecule has 0 bridgehead atoms. The van der Waals surface area contributed by atoms with Crippen LogP contribution in [-0.2, 0) is 13.1 Å². The first kappa shape index (κ1) is 25.6. The Hall–Kier alpha value is -2.44. The highest BCUT2D eigenvalue weighted by Crippen LogP contribution is 2.24. The first-order valence-corrected chi connectivity index (χ1v) is 8.65. The van der Waals surface area contributed by atoms with Crippen molar-refractivity contribution < 1.29 is 27.4 Å². The van der Waals surface area contributed by atoms with Gasteiger partial charge in [0, 0.05) is 43.5 Å². The molecule has 0 radical (unpaired) electrons. The Morgan fingerprint density at radius 2 is 1.77 bits per heavy atom. The van der Waals surface area contributed by atoms with Crippen molar-refractivity contribution in [1.82, 2.24) is 15.6 Å². The summed E-state index contributed by atoms with van der Waals surface area (Å²) in [6, 6.07) is 8.70. The van der Waals surface area contributed by atoms with E-state index in [0.29, 0.717) is 29.6 Å². The van der Waals surface area contributed by atoms with Crippen LogP contribution in [0.4, 0.5) is 13.2 Å². The summed E-state index contributed by atoms with van der Waals surface area (Å²) < 4.78 is 52.5. The summed E-state index contributed by atoms with van der Waals surface area (Å²) in [5.74, 6) is 1.71. The first-order chi connectivity index (χ1) is 13.9. The zero-order valence-corrected chi connectivity index (χ0v) is 19.1. The second-order valence-electron chi connectivity index (χ2n) is 5.83. The van der Waals surface area contributed by atoms with Crippen LogP contribution < -0.4 is 24.8 Å². The molecule has 0 spiro atoms. The molecule has 2 rings (SSSR count). The maximum atomic E-state index is 12.4. The number of hydrogen-bond donors (Lipinski definition) is 2. The van der Waals surface area contributed by atoms with Gasteiger partial charge >= 0.3 is 6.18 Å². The Balaban J connectivity index is 0.00000450. The summed E-state index contributed by atoms with van der Waals surface area (Å²) in [4.78, 5) is 7.98. The Kier molecular flexibility index (Phi) is 10.5. The molecule has 7 nitrogen and oxygen atoms in total. The van der Waals surface area contributed by atoms with Crippen LogP contribution in [0, 0.1) is 0 Å². The molecule has 30 heavy (non-hydrogen) atoms. The van der Waals surface area contributed by atoms with Crippen LogP contribution >= 0.6 is 24.0 Å². The van der Waals surface area contributed by atoms with Gasteiger partial charge in [0.1, 0.15) is 11.5 Å². The zero-order valence-electron chi connectivity index (χ0n) is 16.7. The summed E-state index contributed by atoms with van der Waals surface area (Å²) in [6.07, 6.45) is -3.06. The number of hydrogen-bond acceptors (Lipinski definition) is 5. The summed E-state index contributed by atoms with van der Waals surface area (Å²) in [5.41, 5.74) is 1.36. The van der Waals surface area contributed by atoms with Crippen LogP contribution in [0.15, 0.2) is 41.5 Å². The van der Waals surface area contributed by atoms with Crippen molar-refractivity contribution in [3.63, 3.8) is 0 Å². The number of halogens is 4. The lowest BCUT2D eigenvalue weighted by molar-refractivity contribution is -0.154. The molecule has 0 unspecified atom stereocenters. The summed E-state index contributed by atoms with van der Waals surface area (Å²) in [6.45, 7) is -0.807. The van der Waals surface area contributed by atoms with E-state index in [2.05, 4.69) is 20.6 Å². The fraction of sp³-hybridized carbons (Fsp3) is 0.368. The number of alkyl halides is 3. The van der Waals surface area contributed by atoms with Crippen LogP contribution in [0.3, 0.4) is 0 Å². The van der Waals surface area contributed by atoms with Crippen molar-refractivity contribution in [3.8, 4) is 17.4 Å². The molecular formula is C19H24F3IN4O3. The number of benzene rings is 1. The van der Waals surface area contributed by atoms with Gasteiger partial charge in [-0.25, -0.2) is 4.98 Å². The predicted octanol–water partition coefficient (Wildman–Crippen LogP) is 3.52. The lowest BCUT2D eigenvalue weighted by atomic mass is 10.2. The molecule has 0 saturated heterocycles. The van der Waals surface area contributed by atoms with E-state index in [4.69, 9.17) is 14.2 Å². The molecule has 2 aromatic rings. The molecular weight excluding hydrogens is 516 g/mol. The average molecular weight is 540 g/mol. The SMILES string of the molecule is CN=C(NCc1ccc(OC)cc1OC)NCc1cccnc1OCC(F)(F)F.I. The van der Waals surface area contributed by atoms with Crippen molar-refractivity contribution >= 4 is 29.9 Å². The van der Waals surface area contributed by atoms with E-state index in [1.807, 2.05) is 12.1 Å². The van der Waals surface area contributed by atoms with Crippen LogP contribution in [0.2, 0.25) is 0 Å².